The van der Waals surface area contributed by atoms with Gasteiger partial charge in [-0.25, -0.2) is 0 Å². The summed E-state index contributed by atoms with van der Waals surface area (Å²) in [5, 5.41) is 12.1. The summed E-state index contributed by atoms with van der Waals surface area (Å²) in [6.07, 6.45) is 2.05. The summed E-state index contributed by atoms with van der Waals surface area (Å²) in [5.41, 5.74) is 5.33. The first-order valence-electron chi connectivity index (χ1n) is 4.16. The lowest BCUT2D eigenvalue weighted by molar-refractivity contribution is -0.138. The lowest BCUT2D eigenvalue weighted by Gasteiger charge is -2.04. The third-order valence-electron chi connectivity index (χ3n) is 1.63. The Hall–Kier alpha value is -1.01. The van der Waals surface area contributed by atoms with Gasteiger partial charge >= 0.3 is 5.97 Å². The molecule has 0 spiro atoms. The number of hydrogen-bond donors (Lipinski definition) is 2. The van der Waals surface area contributed by atoms with Gasteiger partial charge < -0.3 is 15.4 Å². The van der Waals surface area contributed by atoms with Gasteiger partial charge in [-0.15, -0.1) is 0 Å². The van der Waals surface area contributed by atoms with Crippen molar-refractivity contribution in [2.75, 3.05) is 5.75 Å². The third-order valence-corrected chi connectivity index (χ3v) is 2.64. The average Bonchev–Trinajstić information content (AvgIpc) is 2.64. The lowest BCUT2D eigenvalue weighted by Crippen LogP contribution is -2.30. The Kier molecular flexibility index (Phi) is 4.48. The fourth-order valence-corrected chi connectivity index (χ4v) is 1.74. The first kappa shape index (κ1) is 11.1. The van der Waals surface area contributed by atoms with Crippen molar-refractivity contribution >= 4 is 17.7 Å². The lowest BCUT2D eigenvalue weighted by atomic mass is 10.2. The first-order valence-corrected chi connectivity index (χ1v) is 5.31. The molecule has 78 valence electrons. The number of aromatic nitrogens is 1. The summed E-state index contributed by atoms with van der Waals surface area (Å²) in [5.74, 6) is 1.24. The van der Waals surface area contributed by atoms with Crippen molar-refractivity contribution in [3.05, 3.63) is 18.0 Å². The van der Waals surface area contributed by atoms with Crippen LogP contribution in [0.4, 0.5) is 0 Å². The van der Waals surface area contributed by atoms with Crippen molar-refractivity contribution in [1.82, 2.24) is 5.16 Å². The van der Waals surface area contributed by atoms with Crippen LogP contribution in [0.2, 0.25) is 0 Å². The number of nitrogens with zero attached hydrogens (tertiary/aromatic N) is 1. The van der Waals surface area contributed by atoms with E-state index in [1.165, 1.54) is 0 Å². The predicted octanol–water partition coefficient (Wildman–Crippen LogP) is 0.710. The van der Waals surface area contributed by atoms with E-state index in [0.29, 0.717) is 17.9 Å². The molecule has 6 heteroatoms. The van der Waals surface area contributed by atoms with Gasteiger partial charge in [0.1, 0.15) is 11.8 Å². The second kappa shape index (κ2) is 5.66. The normalized spacial score (nSPS) is 12.6. The summed E-state index contributed by atoms with van der Waals surface area (Å²) in [6, 6.07) is 1.02. The zero-order chi connectivity index (χ0) is 10.4. The van der Waals surface area contributed by atoms with Crippen LogP contribution in [0.5, 0.6) is 0 Å². The Morgan fingerprint density at radius 1 is 1.79 bits per heavy atom. The molecule has 1 atom stereocenters. The smallest absolute Gasteiger partial charge is 0.320 e. The van der Waals surface area contributed by atoms with Gasteiger partial charge in [-0.3, -0.25) is 4.79 Å². The molecule has 1 aromatic rings. The quantitative estimate of drug-likeness (QED) is 0.681. The molecule has 1 unspecified atom stereocenters. The van der Waals surface area contributed by atoms with Crippen LogP contribution >= 0.6 is 11.8 Å². The molecular weight excluding hydrogens is 204 g/mol. The second-order valence-corrected chi connectivity index (χ2v) is 3.87. The Morgan fingerprint density at radius 3 is 3.14 bits per heavy atom. The Bertz CT molecular complexity index is 276. The van der Waals surface area contributed by atoms with Crippen LogP contribution < -0.4 is 5.73 Å². The SMILES string of the molecule is NC(CCSCc1ccno1)C(=O)O. The van der Waals surface area contributed by atoms with Gasteiger partial charge in [0.2, 0.25) is 0 Å². The Morgan fingerprint density at radius 2 is 2.57 bits per heavy atom. The number of carboxylic acids is 1. The van der Waals surface area contributed by atoms with E-state index in [9.17, 15) is 4.79 Å². The van der Waals surface area contributed by atoms with E-state index >= 15 is 0 Å². The van der Waals surface area contributed by atoms with Gasteiger partial charge in [0, 0.05) is 6.07 Å². The van der Waals surface area contributed by atoms with Crippen molar-refractivity contribution < 1.29 is 14.4 Å². The standard InChI is InChI=1S/C8H12N2O3S/c9-7(8(11)12)2-4-14-5-6-1-3-10-13-6/h1,3,7H,2,4-5,9H2,(H,11,12). The molecule has 0 amide bonds. The number of rotatable bonds is 6. The van der Waals surface area contributed by atoms with Crippen LogP contribution in [-0.2, 0) is 10.5 Å². The molecule has 0 aromatic carbocycles. The van der Waals surface area contributed by atoms with Crippen LogP contribution in [0.1, 0.15) is 12.2 Å². The highest BCUT2D eigenvalue weighted by Crippen LogP contribution is 2.12. The van der Waals surface area contributed by atoms with Gasteiger partial charge in [-0.05, 0) is 12.2 Å². The molecule has 0 radical (unpaired) electrons. The van der Waals surface area contributed by atoms with Crippen LogP contribution in [0, 0.1) is 0 Å². The van der Waals surface area contributed by atoms with Gasteiger partial charge in [0.25, 0.3) is 0 Å². The van der Waals surface area contributed by atoms with E-state index in [-0.39, 0.29) is 0 Å². The Labute approximate surface area is 85.6 Å². The zero-order valence-corrected chi connectivity index (χ0v) is 8.37. The van der Waals surface area contributed by atoms with Crippen molar-refractivity contribution in [2.24, 2.45) is 5.73 Å². The largest absolute Gasteiger partial charge is 0.480 e. The summed E-state index contributed by atoms with van der Waals surface area (Å²) in [4.78, 5) is 10.4. The molecule has 0 aliphatic carbocycles. The minimum atomic E-state index is -0.953. The molecule has 0 fully saturated rings. The summed E-state index contributed by atoms with van der Waals surface area (Å²) < 4.78 is 4.87. The average molecular weight is 216 g/mol. The van der Waals surface area contributed by atoms with Crippen LogP contribution in [0.15, 0.2) is 16.8 Å². The van der Waals surface area contributed by atoms with Crippen LogP contribution in [0.25, 0.3) is 0 Å². The molecular formula is C8H12N2O3S. The number of hydrogen-bond acceptors (Lipinski definition) is 5. The summed E-state index contributed by atoms with van der Waals surface area (Å²) in [6.45, 7) is 0. The molecule has 0 bridgehead atoms. The fraction of sp³-hybridized carbons (Fsp3) is 0.500. The minimum Gasteiger partial charge on any atom is -0.480 e. The highest BCUT2D eigenvalue weighted by Gasteiger charge is 2.10. The molecule has 1 heterocycles. The van der Waals surface area contributed by atoms with Crippen LogP contribution in [-0.4, -0.2) is 28.0 Å². The highest BCUT2D eigenvalue weighted by atomic mass is 32.2. The number of thioether (sulfide) groups is 1. The molecule has 0 aliphatic rings. The molecule has 1 aromatic heterocycles. The van der Waals surface area contributed by atoms with Crippen molar-refractivity contribution in [3.63, 3.8) is 0 Å². The third kappa shape index (κ3) is 3.80. The van der Waals surface area contributed by atoms with E-state index in [2.05, 4.69) is 5.16 Å². The molecule has 0 saturated carbocycles. The predicted molar refractivity (Wildman–Crippen MR) is 52.9 cm³/mol. The van der Waals surface area contributed by atoms with Crippen molar-refractivity contribution in [2.45, 2.75) is 18.2 Å². The summed E-state index contributed by atoms with van der Waals surface area (Å²) in [7, 11) is 0. The highest BCUT2D eigenvalue weighted by molar-refractivity contribution is 7.98. The van der Waals surface area contributed by atoms with Gasteiger partial charge in [0.05, 0.1) is 11.9 Å². The number of carboxylic acid groups (broad SMARTS) is 1. The van der Waals surface area contributed by atoms with E-state index < -0.39 is 12.0 Å². The first-order chi connectivity index (χ1) is 6.70. The zero-order valence-electron chi connectivity index (χ0n) is 7.55. The van der Waals surface area contributed by atoms with E-state index in [1.807, 2.05) is 0 Å². The maximum Gasteiger partial charge on any atom is 0.320 e. The van der Waals surface area contributed by atoms with Gasteiger partial charge in [-0.1, -0.05) is 5.16 Å². The molecule has 5 nitrogen and oxygen atoms in total. The van der Waals surface area contributed by atoms with Gasteiger partial charge in [-0.2, -0.15) is 11.8 Å². The van der Waals surface area contributed by atoms with Gasteiger partial charge in [0.15, 0.2) is 0 Å². The molecule has 1 rings (SSSR count). The maximum absolute atomic E-state index is 10.4. The molecule has 14 heavy (non-hydrogen) atoms. The number of carbonyl (C=O) groups is 1. The number of nitrogens with two attached hydrogens (primary N) is 1. The van der Waals surface area contributed by atoms with E-state index in [1.54, 1.807) is 24.0 Å². The van der Waals surface area contributed by atoms with E-state index in [0.717, 1.165) is 5.76 Å². The molecule has 0 aliphatic heterocycles. The minimum absolute atomic E-state index is 0.466. The van der Waals surface area contributed by atoms with E-state index in [4.69, 9.17) is 15.4 Å². The monoisotopic (exact) mass is 216 g/mol. The molecule has 3 N–H and O–H groups in total. The van der Waals surface area contributed by atoms with Crippen molar-refractivity contribution in [1.29, 1.82) is 0 Å². The molecule has 0 saturated heterocycles. The maximum atomic E-state index is 10.4. The Balaban J connectivity index is 2.08. The fourth-order valence-electron chi connectivity index (χ4n) is 0.823. The van der Waals surface area contributed by atoms with Crippen molar-refractivity contribution in [3.8, 4) is 0 Å². The summed E-state index contributed by atoms with van der Waals surface area (Å²) >= 11 is 1.58. The number of aliphatic carboxylic acids is 1. The second-order valence-electron chi connectivity index (χ2n) is 2.76. The van der Waals surface area contributed by atoms with Crippen LogP contribution in [0.3, 0.4) is 0 Å². The topological polar surface area (TPSA) is 89.4 Å².